The number of halogens is 2. The third-order valence-corrected chi connectivity index (χ3v) is 7.45. The molecule has 14 heteroatoms. The summed E-state index contributed by atoms with van der Waals surface area (Å²) in [6.45, 7) is 3.37. The molecule has 0 bridgehead atoms. The van der Waals surface area contributed by atoms with Crippen LogP contribution in [0.25, 0.3) is 0 Å². The van der Waals surface area contributed by atoms with Gasteiger partial charge in [0.2, 0.25) is 0 Å². The SMILES string of the molecule is CCC1(F)CCN(C(=O)OCc2ccccc2)CCCC1=O.O=C1CCCN(C(=O)OCc2ccccc2)CCC1F.O=C=O.[K+].[OH-]. The van der Waals surface area contributed by atoms with E-state index in [0.29, 0.717) is 25.9 Å². The summed E-state index contributed by atoms with van der Waals surface area (Å²) in [6.07, 6.45) is -0.534. The molecule has 0 aromatic heterocycles. The van der Waals surface area contributed by atoms with Crippen molar-refractivity contribution in [1.82, 2.24) is 9.80 Å². The van der Waals surface area contributed by atoms with Crippen LogP contribution in [0, 0.1) is 0 Å². The van der Waals surface area contributed by atoms with E-state index in [1.165, 1.54) is 9.80 Å². The standard InChI is InChI=1S/C17H22FNO3.C15H18FNO3.CO2.K.H2O/c1-2-17(18)10-12-19(11-6-9-15(17)20)16(21)22-13-14-7-4-3-5-8-14;16-13-8-10-17(9-4-7-14(13)18)15(19)20-11-12-5-2-1-3-6-12;2-1-3;;/h3-5,7-8H,2,6,9-13H2,1H3;1-3,5-6,13H,4,7-11H2;;;1H2/q;;;+1;/p-1. The maximum Gasteiger partial charge on any atom is 1.00 e. The fourth-order valence-corrected chi connectivity index (χ4v) is 4.72. The van der Waals surface area contributed by atoms with Crippen molar-refractivity contribution in [3.05, 3.63) is 71.8 Å². The van der Waals surface area contributed by atoms with E-state index < -0.39 is 24.0 Å². The number of rotatable bonds is 5. The fraction of sp³-hybridized carbons (Fsp3) is 0.485. The van der Waals surface area contributed by atoms with Crippen LogP contribution in [0.4, 0.5) is 18.4 Å². The monoisotopic (exact) mass is 686 g/mol. The molecule has 11 nitrogen and oxygen atoms in total. The maximum atomic E-state index is 14.5. The Morgan fingerprint density at radius 1 is 0.830 bits per heavy atom. The van der Waals surface area contributed by atoms with Gasteiger partial charge in [-0.3, -0.25) is 9.59 Å². The molecule has 2 aromatic carbocycles. The van der Waals surface area contributed by atoms with Crippen LogP contribution < -0.4 is 51.4 Å². The molecule has 0 radical (unpaired) electrons. The largest absolute Gasteiger partial charge is 1.00 e. The fourth-order valence-electron chi connectivity index (χ4n) is 4.72. The van der Waals surface area contributed by atoms with E-state index >= 15 is 0 Å². The molecule has 2 atom stereocenters. The van der Waals surface area contributed by atoms with Crippen LogP contribution >= 0.6 is 0 Å². The first-order valence-corrected chi connectivity index (χ1v) is 14.9. The quantitative estimate of drug-likeness (QED) is 0.431. The first-order chi connectivity index (χ1) is 21.6. The van der Waals surface area contributed by atoms with Crippen LogP contribution in [0.15, 0.2) is 60.7 Å². The van der Waals surface area contributed by atoms with Crippen molar-refractivity contribution in [2.75, 3.05) is 26.2 Å². The van der Waals surface area contributed by atoms with Gasteiger partial charge in [-0.1, -0.05) is 67.6 Å². The summed E-state index contributed by atoms with van der Waals surface area (Å²) >= 11 is 0. The van der Waals surface area contributed by atoms with Crippen molar-refractivity contribution >= 4 is 29.9 Å². The number of ether oxygens (including phenoxy) is 2. The van der Waals surface area contributed by atoms with Gasteiger partial charge in [0, 0.05) is 51.9 Å². The van der Waals surface area contributed by atoms with Crippen molar-refractivity contribution in [3.8, 4) is 0 Å². The molecule has 0 spiro atoms. The number of amides is 2. The number of likely N-dealkylation sites (tertiary alicyclic amines) is 2. The number of nitrogens with zero attached hydrogens (tertiary/aromatic N) is 2. The van der Waals surface area contributed by atoms with Crippen molar-refractivity contribution in [3.63, 3.8) is 0 Å². The minimum atomic E-state index is -1.81. The number of Topliss-reactive ketones (excluding diaryl/α,β-unsaturated/α-hetero) is 2. The number of alkyl halides is 2. The summed E-state index contributed by atoms with van der Waals surface area (Å²) < 4.78 is 38.3. The Kier molecular flexibility index (Phi) is 22.8. The topological polar surface area (TPSA) is 157 Å². The Morgan fingerprint density at radius 2 is 1.28 bits per heavy atom. The van der Waals surface area contributed by atoms with Gasteiger partial charge in [-0.25, -0.2) is 18.4 Å². The molecule has 2 aliphatic heterocycles. The zero-order valence-electron chi connectivity index (χ0n) is 26.9. The van der Waals surface area contributed by atoms with E-state index in [2.05, 4.69) is 0 Å². The predicted molar refractivity (Wildman–Crippen MR) is 160 cm³/mol. The van der Waals surface area contributed by atoms with Crippen molar-refractivity contribution in [1.29, 1.82) is 0 Å². The van der Waals surface area contributed by atoms with Crippen molar-refractivity contribution in [2.45, 2.75) is 76.9 Å². The summed E-state index contributed by atoms with van der Waals surface area (Å²) in [5, 5.41) is 0. The molecular weight excluding hydrogens is 645 g/mol. The molecule has 2 amide bonds. The van der Waals surface area contributed by atoms with Crippen LogP contribution in [0.5, 0.6) is 0 Å². The van der Waals surface area contributed by atoms with Gasteiger partial charge < -0.3 is 24.7 Å². The average Bonchev–Trinajstić information content (AvgIpc) is 3.05. The molecular formula is C33H41F2KN2O9. The van der Waals surface area contributed by atoms with Crippen LogP contribution in [0.1, 0.15) is 63.0 Å². The minimum absolute atomic E-state index is 0. The third-order valence-electron chi connectivity index (χ3n) is 7.45. The number of carbonyl (C=O) groups excluding carboxylic acids is 6. The van der Waals surface area contributed by atoms with Gasteiger partial charge >= 0.3 is 69.7 Å². The van der Waals surface area contributed by atoms with E-state index in [4.69, 9.17) is 19.1 Å². The first-order valence-electron chi connectivity index (χ1n) is 14.9. The van der Waals surface area contributed by atoms with Gasteiger partial charge in [0.15, 0.2) is 23.4 Å². The van der Waals surface area contributed by atoms with Crippen LogP contribution in [0.3, 0.4) is 0 Å². The van der Waals surface area contributed by atoms with Crippen LogP contribution in [-0.4, -0.2) is 83.2 Å². The zero-order chi connectivity index (χ0) is 33.1. The van der Waals surface area contributed by atoms with E-state index in [9.17, 15) is 28.0 Å². The second-order valence-corrected chi connectivity index (χ2v) is 10.6. The Hall–Kier alpha value is -2.84. The third kappa shape index (κ3) is 16.2. The molecule has 4 rings (SSSR count). The smallest absolute Gasteiger partial charge is 0.870 e. The molecule has 47 heavy (non-hydrogen) atoms. The summed E-state index contributed by atoms with van der Waals surface area (Å²) in [5.74, 6) is -0.699. The normalized spacial score (nSPS) is 19.4. The number of carbonyl (C=O) groups is 4. The Bertz CT molecular complexity index is 1270. The molecule has 2 aromatic rings. The molecule has 2 fully saturated rings. The van der Waals surface area contributed by atoms with E-state index in [0.717, 1.165) is 11.1 Å². The average molecular weight is 687 g/mol. The van der Waals surface area contributed by atoms with Gasteiger partial charge in [-0.05, 0) is 30.4 Å². The molecule has 1 N–H and O–H groups in total. The molecule has 252 valence electrons. The first kappa shape index (κ1) is 44.2. The van der Waals surface area contributed by atoms with E-state index in [-0.39, 0.29) is 133 Å². The van der Waals surface area contributed by atoms with E-state index in [1.54, 1.807) is 6.92 Å². The molecule has 2 heterocycles. The molecule has 2 unspecified atom stereocenters. The molecule has 0 saturated carbocycles. The number of hydrogen-bond acceptors (Lipinski definition) is 9. The Labute approximate surface area is 316 Å². The van der Waals surface area contributed by atoms with Gasteiger partial charge in [0.05, 0.1) is 0 Å². The summed E-state index contributed by atoms with van der Waals surface area (Å²) in [6, 6.07) is 18.8. The summed E-state index contributed by atoms with van der Waals surface area (Å²) in [4.78, 5) is 66.3. The second kappa shape index (κ2) is 24.3. The number of ketones is 2. The molecule has 0 aliphatic carbocycles. The number of hydrogen-bond donors (Lipinski definition) is 0. The van der Waals surface area contributed by atoms with Gasteiger partial charge in [0.1, 0.15) is 13.2 Å². The summed E-state index contributed by atoms with van der Waals surface area (Å²) in [7, 11) is 0. The van der Waals surface area contributed by atoms with Gasteiger partial charge in [-0.15, -0.1) is 0 Å². The maximum absolute atomic E-state index is 14.5. The Morgan fingerprint density at radius 3 is 1.74 bits per heavy atom. The zero-order valence-corrected chi connectivity index (χ0v) is 30.0. The second-order valence-electron chi connectivity index (χ2n) is 10.6. The van der Waals surface area contributed by atoms with Crippen LogP contribution in [0.2, 0.25) is 0 Å². The van der Waals surface area contributed by atoms with Gasteiger partial charge in [0.25, 0.3) is 0 Å². The van der Waals surface area contributed by atoms with Crippen LogP contribution in [-0.2, 0) is 41.9 Å². The summed E-state index contributed by atoms with van der Waals surface area (Å²) in [5.41, 5.74) is 0.0103. The van der Waals surface area contributed by atoms with Crippen molar-refractivity contribution < 1.29 is 104 Å². The Balaban J connectivity index is 0.000000802. The van der Waals surface area contributed by atoms with Crippen molar-refractivity contribution in [2.24, 2.45) is 0 Å². The molecule has 2 saturated heterocycles. The molecule has 2 aliphatic rings. The van der Waals surface area contributed by atoms with E-state index in [1.807, 2.05) is 60.7 Å². The predicted octanol–water partition coefficient (Wildman–Crippen LogP) is 2.46. The number of benzene rings is 2. The van der Waals surface area contributed by atoms with Gasteiger partial charge in [-0.2, -0.15) is 9.59 Å². The minimum Gasteiger partial charge on any atom is -0.870 e.